The normalized spacial score (nSPS) is 11.0. The van der Waals surface area contributed by atoms with E-state index in [0.717, 1.165) is 4.88 Å². The summed E-state index contributed by atoms with van der Waals surface area (Å²) in [5, 5.41) is 0. The van der Waals surface area contributed by atoms with Crippen molar-refractivity contribution in [3.63, 3.8) is 0 Å². The summed E-state index contributed by atoms with van der Waals surface area (Å²) >= 11 is 1.34. The van der Waals surface area contributed by atoms with Crippen LogP contribution in [0.3, 0.4) is 0 Å². The second kappa shape index (κ2) is 6.93. The summed E-state index contributed by atoms with van der Waals surface area (Å²) in [5.74, 6) is -0.537. The van der Waals surface area contributed by atoms with Crippen LogP contribution in [0.5, 0.6) is 11.5 Å². The maximum atomic E-state index is 14.1. The lowest BCUT2D eigenvalue weighted by Gasteiger charge is -2.07. The molecule has 3 heterocycles. The van der Waals surface area contributed by atoms with Gasteiger partial charge >= 0.3 is 5.97 Å². The van der Waals surface area contributed by atoms with Crippen LogP contribution in [0.2, 0.25) is 0 Å². The van der Waals surface area contributed by atoms with Gasteiger partial charge in [-0.3, -0.25) is 4.98 Å². The lowest BCUT2D eigenvalue weighted by atomic mass is 10.2. The third kappa shape index (κ3) is 3.05. The summed E-state index contributed by atoms with van der Waals surface area (Å²) < 4.78 is 27.0. The zero-order valence-electron chi connectivity index (χ0n) is 15.0. The van der Waals surface area contributed by atoms with Gasteiger partial charge in [0.2, 0.25) is 0 Å². The standard InChI is InChI=1S/C19H15FN4O3S/c1-24-9-23-16(17(24)19(25)26-2)15-8-12-18(28-15)14(5-6-22-12)27-13-4-3-10(21)7-11(13)20/h3-9H,21H2,1-2H3. The first-order chi connectivity index (χ1) is 13.5. The molecule has 0 bridgehead atoms. The van der Waals surface area contributed by atoms with Crippen molar-refractivity contribution in [1.29, 1.82) is 0 Å². The van der Waals surface area contributed by atoms with E-state index in [9.17, 15) is 9.18 Å². The molecule has 0 atom stereocenters. The van der Waals surface area contributed by atoms with Crippen LogP contribution in [0.4, 0.5) is 10.1 Å². The largest absolute Gasteiger partial charge is 0.464 e. The summed E-state index contributed by atoms with van der Waals surface area (Å²) in [6, 6.07) is 7.69. The van der Waals surface area contributed by atoms with Crippen molar-refractivity contribution in [1.82, 2.24) is 14.5 Å². The SMILES string of the molecule is COC(=O)c1c(-c2cc3nccc(Oc4ccc(N)cc4F)c3s2)ncn1C. The molecular weight excluding hydrogens is 383 g/mol. The van der Waals surface area contributed by atoms with Gasteiger partial charge in [0.25, 0.3) is 0 Å². The molecule has 2 N–H and O–H groups in total. The number of nitrogen functional groups attached to an aromatic ring is 1. The van der Waals surface area contributed by atoms with Crippen molar-refractivity contribution in [2.45, 2.75) is 0 Å². The lowest BCUT2D eigenvalue weighted by molar-refractivity contribution is 0.0591. The second-order valence-corrected chi connectivity index (χ2v) is 7.02. The first-order valence-corrected chi connectivity index (χ1v) is 9.01. The molecule has 0 radical (unpaired) electrons. The lowest BCUT2D eigenvalue weighted by Crippen LogP contribution is -2.08. The van der Waals surface area contributed by atoms with Gasteiger partial charge in [0.1, 0.15) is 11.4 Å². The van der Waals surface area contributed by atoms with Crippen LogP contribution in [0.15, 0.2) is 42.9 Å². The number of ether oxygens (including phenoxy) is 2. The van der Waals surface area contributed by atoms with Gasteiger partial charge in [-0.15, -0.1) is 11.3 Å². The Bertz CT molecular complexity index is 1200. The summed E-state index contributed by atoms with van der Waals surface area (Å²) in [6.45, 7) is 0. The predicted molar refractivity (Wildman–Crippen MR) is 104 cm³/mol. The molecule has 0 saturated carbocycles. The minimum absolute atomic E-state index is 0.0599. The Kier molecular flexibility index (Phi) is 4.44. The number of aromatic nitrogens is 3. The van der Waals surface area contributed by atoms with Gasteiger partial charge in [-0.25, -0.2) is 14.2 Å². The van der Waals surface area contributed by atoms with Crippen LogP contribution in [0.25, 0.3) is 20.8 Å². The fourth-order valence-corrected chi connectivity index (χ4v) is 3.84. The summed E-state index contributed by atoms with van der Waals surface area (Å²) in [7, 11) is 3.03. The predicted octanol–water partition coefficient (Wildman–Crippen LogP) is 4.00. The number of pyridine rings is 1. The van der Waals surface area contributed by atoms with Gasteiger partial charge in [0.15, 0.2) is 17.3 Å². The van der Waals surface area contributed by atoms with Crippen LogP contribution >= 0.6 is 11.3 Å². The minimum atomic E-state index is -0.556. The fraction of sp³-hybridized carbons (Fsp3) is 0.105. The number of hydrogen-bond donors (Lipinski definition) is 1. The van der Waals surface area contributed by atoms with Gasteiger partial charge < -0.3 is 19.8 Å². The summed E-state index contributed by atoms with van der Waals surface area (Å²) in [4.78, 5) is 21.5. The van der Waals surface area contributed by atoms with Crippen molar-refractivity contribution in [2.75, 3.05) is 12.8 Å². The zero-order chi connectivity index (χ0) is 19.8. The number of nitrogens with two attached hydrogens (primary N) is 1. The van der Waals surface area contributed by atoms with E-state index in [-0.39, 0.29) is 5.75 Å². The number of methoxy groups -OCH3 is 1. The highest BCUT2D eigenvalue weighted by molar-refractivity contribution is 7.22. The van der Waals surface area contributed by atoms with E-state index >= 15 is 0 Å². The Labute approximate surface area is 163 Å². The van der Waals surface area contributed by atoms with E-state index in [1.807, 2.05) is 0 Å². The van der Waals surface area contributed by atoms with Crippen LogP contribution in [-0.2, 0) is 11.8 Å². The van der Waals surface area contributed by atoms with Crippen molar-refractivity contribution >= 4 is 33.2 Å². The smallest absolute Gasteiger partial charge is 0.357 e. The minimum Gasteiger partial charge on any atom is -0.464 e. The first-order valence-electron chi connectivity index (χ1n) is 8.19. The number of imidazole rings is 1. The molecule has 1 aromatic carbocycles. The number of anilines is 1. The highest BCUT2D eigenvalue weighted by Crippen LogP contribution is 2.40. The maximum Gasteiger partial charge on any atom is 0.357 e. The molecule has 0 saturated heterocycles. The number of carbonyl (C=O) groups is 1. The molecule has 0 fully saturated rings. The quantitative estimate of drug-likeness (QED) is 0.413. The van der Waals surface area contributed by atoms with Crippen molar-refractivity contribution in [2.24, 2.45) is 7.05 Å². The topological polar surface area (TPSA) is 92.3 Å². The fourth-order valence-electron chi connectivity index (χ4n) is 2.78. The Morgan fingerprint density at radius 2 is 2.04 bits per heavy atom. The molecule has 28 heavy (non-hydrogen) atoms. The molecule has 0 unspecified atom stereocenters. The molecule has 4 rings (SSSR count). The number of carbonyl (C=O) groups excluding carboxylic acids is 1. The number of rotatable bonds is 4. The van der Waals surface area contributed by atoms with Gasteiger partial charge in [-0.05, 0) is 18.2 Å². The third-order valence-corrected chi connectivity index (χ3v) is 5.25. The van der Waals surface area contributed by atoms with Crippen molar-refractivity contribution < 1.29 is 18.7 Å². The average molecular weight is 398 g/mol. The van der Waals surface area contributed by atoms with E-state index in [1.54, 1.807) is 42.3 Å². The van der Waals surface area contributed by atoms with E-state index in [2.05, 4.69) is 9.97 Å². The average Bonchev–Trinajstić information content (AvgIpc) is 3.27. The van der Waals surface area contributed by atoms with E-state index in [1.165, 1.54) is 30.6 Å². The number of fused-ring (bicyclic) bond motifs is 1. The molecule has 0 aliphatic heterocycles. The Hall–Kier alpha value is -3.46. The Morgan fingerprint density at radius 3 is 2.79 bits per heavy atom. The number of halogens is 1. The van der Waals surface area contributed by atoms with Gasteiger partial charge in [0.05, 0.1) is 28.5 Å². The first kappa shape index (κ1) is 17.9. The number of aryl methyl sites for hydroxylation is 1. The van der Waals surface area contributed by atoms with E-state index in [0.29, 0.717) is 33.0 Å². The molecule has 3 aromatic heterocycles. The monoisotopic (exact) mass is 398 g/mol. The number of benzene rings is 1. The van der Waals surface area contributed by atoms with Gasteiger partial charge in [-0.1, -0.05) is 0 Å². The summed E-state index contributed by atoms with van der Waals surface area (Å²) in [5.41, 5.74) is 7.36. The molecule has 7 nitrogen and oxygen atoms in total. The second-order valence-electron chi connectivity index (χ2n) is 5.97. The molecule has 9 heteroatoms. The van der Waals surface area contributed by atoms with Gasteiger partial charge in [0, 0.05) is 31.1 Å². The molecule has 0 aliphatic carbocycles. The molecule has 142 valence electrons. The third-order valence-electron chi connectivity index (χ3n) is 4.10. The molecular formula is C19H15FN4O3S. The highest BCUT2D eigenvalue weighted by Gasteiger charge is 2.22. The number of hydrogen-bond acceptors (Lipinski definition) is 7. The van der Waals surface area contributed by atoms with Crippen LogP contribution in [0.1, 0.15) is 10.5 Å². The van der Waals surface area contributed by atoms with E-state index < -0.39 is 11.8 Å². The van der Waals surface area contributed by atoms with Gasteiger partial charge in [-0.2, -0.15) is 0 Å². The maximum absolute atomic E-state index is 14.1. The Morgan fingerprint density at radius 1 is 1.21 bits per heavy atom. The zero-order valence-corrected chi connectivity index (χ0v) is 15.8. The number of nitrogens with zero attached hydrogens (tertiary/aromatic N) is 3. The summed E-state index contributed by atoms with van der Waals surface area (Å²) in [6.07, 6.45) is 3.11. The highest BCUT2D eigenvalue weighted by atomic mass is 32.1. The van der Waals surface area contributed by atoms with Crippen LogP contribution < -0.4 is 10.5 Å². The van der Waals surface area contributed by atoms with Crippen LogP contribution in [-0.4, -0.2) is 27.6 Å². The molecule has 0 amide bonds. The number of esters is 1. The van der Waals surface area contributed by atoms with Crippen LogP contribution in [0, 0.1) is 5.82 Å². The molecule has 0 spiro atoms. The molecule has 4 aromatic rings. The van der Waals surface area contributed by atoms with E-state index in [4.69, 9.17) is 15.2 Å². The number of thiophene rings is 1. The van der Waals surface area contributed by atoms with Crippen molar-refractivity contribution in [3.05, 3.63) is 54.4 Å². The Balaban J connectivity index is 1.79. The van der Waals surface area contributed by atoms with Crippen molar-refractivity contribution in [3.8, 4) is 22.1 Å². The molecule has 0 aliphatic rings.